The lowest BCUT2D eigenvalue weighted by atomic mass is 10.1. The summed E-state index contributed by atoms with van der Waals surface area (Å²) >= 11 is 0. The first-order valence-electron chi connectivity index (χ1n) is 8.77. The average molecular weight is 356 g/mol. The van der Waals surface area contributed by atoms with Crippen molar-refractivity contribution < 1.29 is 4.42 Å². The first-order chi connectivity index (χ1) is 13.0. The Balaban J connectivity index is 1.74. The molecule has 4 rings (SSSR count). The zero-order valence-corrected chi connectivity index (χ0v) is 15.5. The fourth-order valence-electron chi connectivity index (χ4n) is 2.74. The topological polar surface area (TPSA) is 55.4 Å². The molecule has 0 atom stereocenters. The van der Waals surface area contributed by atoms with Crippen molar-refractivity contribution in [1.29, 1.82) is 0 Å². The SMILES string of the molecule is CC(C)(C)Nc1c(-c2ccc(C#Cc3ccccc3)o2)nc2cnccn12. The Hall–Kier alpha value is -3.52. The van der Waals surface area contributed by atoms with Gasteiger partial charge >= 0.3 is 0 Å². The highest BCUT2D eigenvalue weighted by Crippen LogP contribution is 2.31. The van der Waals surface area contributed by atoms with E-state index in [1.54, 1.807) is 12.4 Å². The molecule has 0 fully saturated rings. The molecule has 0 saturated heterocycles. The maximum Gasteiger partial charge on any atom is 0.178 e. The molecule has 0 spiro atoms. The van der Waals surface area contributed by atoms with Gasteiger partial charge in [-0.1, -0.05) is 24.1 Å². The Kier molecular flexibility index (Phi) is 4.17. The van der Waals surface area contributed by atoms with E-state index in [1.165, 1.54) is 0 Å². The smallest absolute Gasteiger partial charge is 0.178 e. The summed E-state index contributed by atoms with van der Waals surface area (Å²) < 4.78 is 7.94. The minimum atomic E-state index is -0.128. The van der Waals surface area contributed by atoms with E-state index in [2.05, 4.69) is 42.9 Å². The maximum absolute atomic E-state index is 5.97. The predicted molar refractivity (Wildman–Crippen MR) is 106 cm³/mol. The van der Waals surface area contributed by atoms with E-state index in [0.717, 1.165) is 22.7 Å². The van der Waals surface area contributed by atoms with Crippen LogP contribution in [0.15, 0.2) is 65.5 Å². The number of imidazole rings is 1. The van der Waals surface area contributed by atoms with Gasteiger partial charge < -0.3 is 9.73 Å². The second kappa shape index (κ2) is 6.65. The third-order valence-corrected chi connectivity index (χ3v) is 3.87. The number of anilines is 1. The van der Waals surface area contributed by atoms with E-state index >= 15 is 0 Å². The molecule has 0 amide bonds. The van der Waals surface area contributed by atoms with Crippen LogP contribution in [0.1, 0.15) is 32.1 Å². The largest absolute Gasteiger partial charge is 0.446 e. The number of furan rings is 1. The summed E-state index contributed by atoms with van der Waals surface area (Å²) in [5.74, 6) is 8.32. The van der Waals surface area contributed by atoms with Crippen LogP contribution < -0.4 is 5.32 Å². The molecule has 5 heteroatoms. The molecule has 0 aliphatic heterocycles. The Morgan fingerprint density at radius 3 is 2.63 bits per heavy atom. The van der Waals surface area contributed by atoms with Gasteiger partial charge in [-0.25, -0.2) is 4.98 Å². The fraction of sp³-hybridized carbons (Fsp3) is 0.182. The van der Waals surface area contributed by atoms with Gasteiger partial charge in [0.05, 0.1) is 6.20 Å². The average Bonchev–Trinajstić information content (AvgIpc) is 3.25. The van der Waals surface area contributed by atoms with E-state index in [0.29, 0.717) is 11.5 Å². The van der Waals surface area contributed by atoms with Crippen LogP contribution >= 0.6 is 0 Å². The third kappa shape index (κ3) is 3.70. The molecule has 0 aliphatic rings. The van der Waals surface area contributed by atoms with Crippen LogP contribution in [-0.4, -0.2) is 19.9 Å². The molecule has 0 saturated carbocycles. The summed E-state index contributed by atoms with van der Waals surface area (Å²) in [4.78, 5) is 8.86. The first kappa shape index (κ1) is 16.9. The molecule has 27 heavy (non-hydrogen) atoms. The molecule has 134 valence electrons. The monoisotopic (exact) mass is 356 g/mol. The normalized spacial score (nSPS) is 11.2. The van der Waals surface area contributed by atoms with E-state index in [9.17, 15) is 0 Å². The lowest BCUT2D eigenvalue weighted by molar-refractivity contribution is 0.566. The lowest BCUT2D eigenvalue weighted by Gasteiger charge is -2.22. The standard InChI is InChI=1S/C22H20N4O/c1-22(2,3)25-21-20(24-19-15-23-13-14-26(19)21)18-12-11-17(27-18)10-9-16-7-5-4-6-8-16/h4-8,11-15,25H,1-3H3. The summed E-state index contributed by atoms with van der Waals surface area (Å²) in [5.41, 5.74) is 2.32. The molecule has 0 bridgehead atoms. The van der Waals surface area contributed by atoms with E-state index < -0.39 is 0 Å². The van der Waals surface area contributed by atoms with Crippen molar-refractivity contribution in [2.75, 3.05) is 5.32 Å². The fourth-order valence-corrected chi connectivity index (χ4v) is 2.74. The van der Waals surface area contributed by atoms with E-state index in [1.807, 2.05) is 53.1 Å². The number of aromatic nitrogens is 3. The maximum atomic E-state index is 5.97. The van der Waals surface area contributed by atoms with Crippen molar-refractivity contribution in [2.24, 2.45) is 0 Å². The van der Waals surface area contributed by atoms with Crippen LogP contribution in [0.3, 0.4) is 0 Å². The lowest BCUT2D eigenvalue weighted by Crippen LogP contribution is -2.27. The van der Waals surface area contributed by atoms with Crippen LogP contribution in [0, 0.1) is 11.8 Å². The van der Waals surface area contributed by atoms with Gasteiger partial charge in [-0.2, -0.15) is 0 Å². The number of benzene rings is 1. The number of rotatable bonds is 2. The Labute approximate surface area is 158 Å². The highest BCUT2D eigenvalue weighted by Gasteiger charge is 2.21. The first-order valence-corrected chi connectivity index (χ1v) is 8.77. The molecule has 5 nitrogen and oxygen atoms in total. The Morgan fingerprint density at radius 2 is 1.85 bits per heavy atom. The molecule has 3 aromatic heterocycles. The molecule has 0 radical (unpaired) electrons. The second-order valence-corrected chi connectivity index (χ2v) is 7.27. The van der Waals surface area contributed by atoms with Crippen LogP contribution in [0.5, 0.6) is 0 Å². The van der Waals surface area contributed by atoms with Gasteiger partial charge in [-0.3, -0.25) is 9.38 Å². The van der Waals surface area contributed by atoms with E-state index in [4.69, 9.17) is 9.40 Å². The van der Waals surface area contributed by atoms with Crippen molar-refractivity contribution in [1.82, 2.24) is 14.4 Å². The molecule has 0 aliphatic carbocycles. The summed E-state index contributed by atoms with van der Waals surface area (Å²) in [6.07, 6.45) is 5.36. The van der Waals surface area contributed by atoms with Crippen LogP contribution in [0.4, 0.5) is 5.82 Å². The molecule has 0 unspecified atom stereocenters. The summed E-state index contributed by atoms with van der Waals surface area (Å²) in [7, 11) is 0. The second-order valence-electron chi connectivity index (χ2n) is 7.27. The van der Waals surface area contributed by atoms with Gasteiger partial charge in [0.2, 0.25) is 0 Å². The van der Waals surface area contributed by atoms with Gasteiger partial charge in [-0.05, 0) is 51.0 Å². The highest BCUT2D eigenvalue weighted by molar-refractivity contribution is 5.74. The Morgan fingerprint density at radius 1 is 1.04 bits per heavy atom. The van der Waals surface area contributed by atoms with Gasteiger partial charge in [0, 0.05) is 23.5 Å². The number of nitrogens with zero attached hydrogens (tertiary/aromatic N) is 3. The van der Waals surface area contributed by atoms with Crippen molar-refractivity contribution >= 4 is 11.5 Å². The summed E-state index contributed by atoms with van der Waals surface area (Å²) in [6.45, 7) is 6.32. The summed E-state index contributed by atoms with van der Waals surface area (Å²) in [6, 6.07) is 13.6. The molecule has 1 N–H and O–H groups in total. The number of hydrogen-bond acceptors (Lipinski definition) is 4. The van der Waals surface area contributed by atoms with Gasteiger partial charge in [-0.15, -0.1) is 0 Å². The van der Waals surface area contributed by atoms with Crippen LogP contribution in [-0.2, 0) is 0 Å². The van der Waals surface area contributed by atoms with Gasteiger partial charge in [0.1, 0.15) is 11.5 Å². The highest BCUT2D eigenvalue weighted by atomic mass is 16.3. The zero-order chi connectivity index (χ0) is 18.9. The molecule has 1 aromatic carbocycles. The van der Waals surface area contributed by atoms with Crippen molar-refractivity contribution in [3.05, 3.63) is 72.4 Å². The summed E-state index contributed by atoms with van der Waals surface area (Å²) in [5, 5.41) is 3.51. The zero-order valence-electron chi connectivity index (χ0n) is 15.5. The van der Waals surface area contributed by atoms with Gasteiger partial charge in [0.25, 0.3) is 0 Å². The quantitative estimate of drug-likeness (QED) is 0.533. The van der Waals surface area contributed by atoms with Crippen molar-refractivity contribution in [3.63, 3.8) is 0 Å². The molecule has 3 heterocycles. The van der Waals surface area contributed by atoms with E-state index in [-0.39, 0.29) is 5.54 Å². The predicted octanol–water partition coefficient (Wildman–Crippen LogP) is 4.60. The molecular weight excluding hydrogens is 336 g/mol. The third-order valence-electron chi connectivity index (χ3n) is 3.87. The minimum absolute atomic E-state index is 0.128. The number of hydrogen-bond donors (Lipinski definition) is 1. The van der Waals surface area contributed by atoms with Crippen molar-refractivity contribution in [3.8, 4) is 23.3 Å². The molecule has 4 aromatic rings. The minimum Gasteiger partial charge on any atom is -0.446 e. The van der Waals surface area contributed by atoms with Gasteiger partial charge in [0.15, 0.2) is 17.2 Å². The van der Waals surface area contributed by atoms with Crippen LogP contribution in [0.2, 0.25) is 0 Å². The number of nitrogens with one attached hydrogen (secondary N) is 1. The molecular formula is C22H20N4O. The van der Waals surface area contributed by atoms with Crippen LogP contribution in [0.25, 0.3) is 17.1 Å². The number of fused-ring (bicyclic) bond motifs is 1. The van der Waals surface area contributed by atoms with Crippen molar-refractivity contribution in [2.45, 2.75) is 26.3 Å². The Bertz CT molecular complexity index is 1140.